The zero-order valence-corrected chi connectivity index (χ0v) is 23.3. The fourth-order valence-corrected chi connectivity index (χ4v) is 4.37. The molecule has 0 heterocycles. The number of hydrogen-bond acceptors (Lipinski definition) is 4. The predicted octanol–water partition coefficient (Wildman–Crippen LogP) is 8.86. The van der Waals surface area contributed by atoms with E-state index in [1.54, 1.807) is 36.4 Å². The van der Waals surface area contributed by atoms with Gasteiger partial charge in [0.1, 0.15) is 0 Å². The van der Waals surface area contributed by atoms with Crippen LogP contribution in [0.15, 0.2) is 109 Å². The topological polar surface area (TPSA) is 52.6 Å². The van der Waals surface area contributed by atoms with Crippen LogP contribution in [0, 0.1) is 0 Å². The van der Waals surface area contributed by atoms with Gasteiger partial charge in [0.25, 0.3) is 0 Å². The second kappa shape index (κ2) is 13.0. The second-order valence-electron chi connectivity index (χ2n) is 9.45. The van der Waals surface area contributed by atoms with E-state index in [0.717, 1.165) is 24.3 Å². The Morgan fingerprint density at radius 1 is 0.455 bits per heavy atom. The van der Waals surface area contributed by atoms with Crippen molar-refractivity contribution >= 4 is 23.1 Å². The maximum absolute atomic E-state index is 13.3. The van der Waals surface area contributed by atoms with Gasteiger partial charge < -0.3 is 9.47 Å². The van der Waals surface area contributed by atoms with Gasteiger partial charge in [0.15, 0.2) is 0 Å². The highest BCUT2D eigenvalue weighted by Gasteiger charge is 2.31. The van der Waals surface area contributed by atoms with Crippen molar-refractivity contribution in [2.45, 2.75) is 12.4 Å². The lowest BCUT2D eigenvalue weighted by Crippen LogP contribution is -2.05. The Morgan fingerprint density at radius 2 is 0.682 bits per heavy atom. The standard InChI is InChI=1S/C34H24F6O4/c1-43-31(41)25-7-3-21(4-8-25)29(23-11-15-27(16-12-23)33(35,36)37)19-20-30(22-5-9-26(10-6-22)32(42)44-2)24-13-17-28(18-14-24)34(38,39)40/h3-20H,1-2H3/b29-19-,30-20-. The Morgan fingerprint density at radius 3 is 0.909 bits per heavy atom. The van der Waals surface area contributed by atoms with Gasteiger partial charge in [-0.2, -0.15) is 26.3 Å². The highest BCUT2D eigenvalue weighted by Crippen LogP contribution is 2.34. The second-order valence-corrected chi connectivity index (χ2v) is 9.45. The summed E-state index contributed by atoms with van der Waals surface area (Å²) in [5.41, 5.74) is 1.67. The van der Waals surface area contributed by atoms with E-state index >= 15 is 0 Å². The van der Waals surface area contributed by atoms with Crippen LogP contribution in [-0.4, -0.2) is 26.2 Å². The number of ether oxygens (including phenoxy) is 2. The maximum atomic E-state index is 13.3. The molecule has 226 valence electrons. The van der Waals surface area contributed by atoms with Crippen molar-refractivity contribution in [3.63, 3.8) is 0 Å². The molecule has 0 N–H and O–H groups in total. The molecule has 44 heavy (non-hydrogen) atoms. The number of benzene rings is 4. The summed E-state index contributed by atoms with van der Waals surface area (Å²) >= 11 is 0. The van der Waals surface area contributed by atoms with Gasteiger partial charge in [-0.05, 0) is 81.9 Å². The first-order valence-corrected chi connectivity index (χ1v) is 13.0. The fraction of sp³-hybridized carbons (Fsp3) is 0.118. The average Bonchev–Trinajstić information content (AvgIpc) is 3.02. The van der Waals surface area contributed by atoms with Crippen molar-refractivity contribution in [1.82, 2.24) is 0 Å². The van der Waals surface area contributed by atoms with Gasteiger partial charge in [0.2, 0.25) is 0 Å². The summed E-state index contributed by atoms with van der Waals surface area (Å²) in [6, 6.07) is 21.4. The Hall–Kier alpha value is -5.12. The number of carbonyl (C=O) groups excluding carboxylic acids is 2. The molecule has 4 aromatic carbocycles. The molecule has 0 aliphatic heterocycles. The predicted molar refractivity (Wildman–Crippen MR) is 153 cm³/mol. The monoisotopic (exact) mass is 610 g/mol. The molecule has 0 fully saturated rings. The molecule has 0 saturated heterocycles. The molecule has 0 saturated carbocycles. The Labute approximate surface area is 248 Å². The summed E-state index contributed by atoms with van der Waals surface area (Å²) < 4.78 is 89.0. The number of carbonyl (C=O) groups is 2. The van der Waals surface area contributed by atoms with E-state index in [1.165, 1.54) is 62.8 Å². The molecular weight excluding hydrogens is 586 g/mol. The zero-order valence-electron chi connectivity index (χ0n) is 23.3. The summed E-state index contributed by atoms with van der Waals surface area (Å²) in [6.45, 7) is 0. The Balaban J connectivity index is 1.89. The number of esters is 2. The summed E-state index contributed by atoms with van der Waals surface area (Å²) in [6.07, 6.45) is -5.85. The van der Waals surface area contributed by atoms with Crippen molar-refractivity contribution in [2.24, 2.45) is 0 Å². The van der Waals surface area contributed by atoms with E-state index in [9.17, 15) is 35.9 Å². The van der Waals surface area contributed by atoms with Crippen LogP contribution in [0.1, 0.15) is 54.1 Å². The van der Waals surface area contributed by atoms with E-state index < -0.39 is 35.4 Å². The lowest BCUT2D eigenvalue weighted by Gasteiger charge is -2.13. The smallest absolute Gasteiger partial charge is 0.416 e. The minimum Gasteiger partial charge on any atom is -0.465 e. The average molecular weight is 611 g/mol. The van der Waals surface area contributed by atoms with Gasteiger partial charge in [0, 0.05) is 0 Å². The lowest BCUT2D eigenvalue weighted by atomic mass is 9.92. The SMILES string of the molecule is COC(=O)c1ccc(/C(=C/C=C(/c2ccc(C(=O)OC)cc2)c2ccc(C(F)(F)F)cc2)c2ccc(C(F)(F)F)cc2)cc1. The molecule has 0 radical (unpaired) electrons. The van der Waals surface area contributed by atoms with Gasteiger partial charge in [-0.15, -0.1) is 0 Å². The van der Waals surface area contributed by atoms with Crippen molar-refractivity contribution < 1.29 is 45.4 Å². The third kappa shape index (κ3) is 7.44. The summed E-state index contributed by atoms with van der Waals surface area (Å²) in [7, 11) is 2.46. The lowest BCUT2D eigenvalue weighted by molar-refractivity contribution is -0.138. The largest absolute Gasteiger partial charge is 0.465 e. The van der Waals surface area contributed by atoms with Crippen LogP contribution in [0.3, 0.4) is 0 Å². The molecule has 0 aromatic heterocycles. The van der Waals surface area contributed by atoms with Crippen LogP contribution < -0.4 is 0 Å². The maximum Gasteiger partial charge on any atom is 0.416 e. The minimum atomic E-state index is -4.55. The number of rotatable bonds is 7. The number of halogens is 6. The van der Waals surface area contributed by atoms with Crippen molar-refractivity contribution in [3.8, 4) is 0 Å². The molecule has 0 unspecified atom stereocenters. The summed E-state index contributed by atoms with van der Waals surface area (Å²) in [5, 5.41) is 0. The van der Waals surface area contributed by atoms with Gasteiger partial charge >= 0.3 is 24.3 Å². The molecule has 0 amide bonds. The fourth-order valence-electron chi connectivity index (χ4n) is 4.37. The molecule has 0 aliphatic carbocycles. The number of alkyl halides is 6. The third-order valence-electron chi connectivity index (χ3n) is 6.70. The summed E-state index contributed by atoms with van der Waals surface area (Å²) in [5.74, 6) is -1.15. The minimum absolute atomic E-state index is 0.259. The molecular formula is C34H24F6O4. The first-order valence-electron chi connectivity index (χ1n) is 13.0. The quantitative estimate of drug-likeness (QED) is 0.119. The number of hydrogen-bond donors (Lipinski definition) is 0. The zero-order chi connectivity index (χ0) is 32.1. The molecule has 0 atom stereocenters. The molecule has 4 rings (SSSR count). The number of methoxy groups -OCH3 is 2. The highest BCUT2D eigenvalue weighted by atomic mass is 19.4. The molecule has 10 heteroatoms. The van der Waals surface area contributed by atoms with E-state index in [1.807, 2.05) is 0 Å². The van der Waals surface area contributed by atoms with Crippen LogP contribution in [0.5, 0.6) is 0 Å². The van der Waals surface area contributed by atoms with Crippen molar-refractivity contribution in [2.75, 3.05) is 14.2 Å². The third-order valence-corrected chi connectivity index (χ3v) is 6.70. The number of allylic oxidation sites excluding steroid dienone is 2. The van der Waals surface area contributed by atoms with Gasteiger partial charge in [-0.1, -0.05) is 60.7 Å². The van der Waals surface area contributed by atoms with E-state index in [2.05, 4.69) is 0 Å². The van der Waals surface area contributed by atoms with Crippen LogP contribution in [0.25, 0.3) is 11.1 Å². The first-order chi connectivity index (χ1) is 20.8. The van der Waals surface area contributed by atoms with Crippen LogP contribution in [-0.2, 0) is 21.8 Å². The Kier molecular flexibility index (Phi) is 9.42. The van der Waals surface area contributed by atoms with E-state index in [-0.39, 0.29) is 11.1 Å². The highest BCUT2D eigenvalue weighted by molar-refractivity contribution is 5.92. The molecule has 0 spiro atoms. The van der Waals surface area contributed by atoms with Crippen LogP contribution in [0.2, 0.25) is 0 Å². The Bertz CT molecular complexity index is 1550. The molecule has 0 bridgehead atoms. The van der Waals surface area contributed by atoms with Crippen molar-refractivity contribution in [3.05, 3.63) is 154 Å². The first kappa shape index (κ1) is 31.8. The van der Waals surface area contributed by atoms with Crippen LogP contribution >= 0.6 is 0 Å². The molecule has 4 aromatic rings. The molecule has 4 nitrogen and oxygen atoms in total. The summed E-state index contributed by atoms with van der Waals surface area (Å²) in [4.78, 5) is 23.9. The van der Waals surface area contributed by atoms with Gasteiger partial charge in [-0.3, -0.25) is 0 Å². The van der Waals surface area contributed by atoms with Crippen LogP contribution in [0.4, 0.5) is 26.3 Å². The normalized spacial score (nSPS) is 12.5. The van der Waals surface area contributed by atoms with Gasteiger partial charge in [-0.25, -0.2) is 9.59 Å². The molecule has 0 aliphatic rings. The van der Waals surface area contributed by atoms with E-state index in [4.69, 9.17) is 9.47 Å². The van der Waals surface area contributed by atoms with Gasteiger partial charge in [0.05, 0.1) is 36.5 Å². The van der Waals surface area contributed by atoms with Crippen molar-refractivity contribution in [1.29, 1.82) is 0 Å². The van der Waals surface area contributed by atoms with E-state index in [0.29, 0.717) is 33.4 Å².